The van der Waals surface area contributed by atoms with Crippen LogP contribution in [0.1, 0.15) is 27.8 Å². The summed E-state index contributed by atoms with van der Waals surface area (Å²) in [6.45, 7) is 0. The maximum atomic E-state index is 11.3. The van der Waals surface area contributed by atoms with Crippen molar-refractivity contribution in [3.8, 4) is 12.1 Å². The van der Waals surface area contributed by atoms with Gasteiger partial charge in [-0.3, -0.25) is 0 Å². The van der Waals surface area contributed by atoms with Gasteiger partial charge in [0.05, 0.1) is 0 Å². The first-order valence-corrected chi connectivity index (χ1v) is 14.5. The highest BCUT2D eigenvalue weighted by molar-refractivity contribution is 5.97. The molecular weight excluding hydrogens is 586 g/mol. The largest absolute Gasteiger partial charge is 0.477 e. The Morgan fingerprint density at radius 1 is 0.489 bits per heavy atom. The third-order valence-corrected chi connectivity index (χ3v) is 7.26. The van der Waals surface area contributed by atoms with E-state index in [0.29, 0.717) is 11.1 Å². The van der Waals surface area contributed by atoms with Gasteiger partial charge in [0.15, 0.2) is 0 Å². The fourth-order valence-electron chi connectivity index (χ4n) is 4.96. The lowest BCUT2D eigenvalue weighted by Gasteiger charge is -2.26. The molecule has 0 aromatic heterocycles. The monoisotopic (exact) mass is 613 g/mol. The Bertz CT molecular complexity index is 1940. The number of hydrogen-bond donors (Lipinski definition) is 2. The van der Waals surface area contributed by atoms with E-state index in [-0.39, 0.29) is 11.1 Å². The van der Waals surface area contributed by atoms with E-state index in [9.17, 15) is 19.8 Å². The van der Waals surface area contributed by atoms with E-state index in [0.717, 1.165) is 39.3 Å². The second kappa shape index (κ2) is 14.7. The third-order valence-electron chi connectivity index (χ3n) is 7.26. The van der Waals surface area contributed by atoms with Crippen molar-refractivity contribution in [3.63, 3.8) is 0 Å². The van der Waals surface area contributed by atoms with Gasteiger partial charge in [-0.05, 0) is 88.0 Å². The summed E-state index contributed by atoms with van der Waals surface area (Å²) in [7, 11) is 0. The zero-order valence-corrected chi connectivity index (χ0v) is 25.0. The van der Waals surface area contributed by atoms with E-state index in [2.05, 4.69) is 30.3 Å². The summed E-state index contributed by atoms with van der Waals surface area (Å²) in [5.74, 6) is -2.60. The van der Waals surface area contributed by atoms with Crippen LogP contribution in [0.5, 0.6) is 0 Å². The topological polar surface area (TPSA) is 125 Å². The summed E-state index contributed by atoms with van der Waals surface area (Å²) in [6.07, 6.45) is 4.77. The van der Waals surface area contributed by atoms with Crippen LogP contribution in [0.25, 0.3) is 23.8 Å². The Morgan fingerprint density at radius 3 is 1.11 bits per heavy atom. The molecule has 0 aliphatic rings. The van der Waals surface area contributed by atoms with Crippen LogP contribution >= 0.6 is 0 Å². The number of carboxylic acids is 2. The molecule has 0 aliphatic heterocycles. The van der Waals surface area contributed by atoms with Gasteiger partial charge in [-0.2, -0.15) is 10.5 Å². The predicted octanol–water partition coefficient (Wildman–Crippen LogP) is 8.73. The Labute approximate surface area is 272 Å². The average molecular weight is 614 g/mol. The summed E-state index contributed by atoms with van der Waals surface area (Å²) in [4.78, 5) is 24.7. The minimum atomic E-state index is -1.30. The van der Waals surface area contributed by atoms with Gasteiger partial charge in [0.25, 0.3) is 0 Å². The van der Waals surface area contributed by atoms with Crippen molar-refractivity contribution in [2.45, 2.75) is 0 Å². The van der Waals surface area contributed by atoms with Crippen LogP contribution in [0.2, 0.25) is 0 Å². The van der Waals surface area contributed by atoms with Gasteiger partial charge in [0, 0.05) is 17.1 Å². The van der Waals surface area contributed by atoms with Crippen LogP contribution in [0.4, 0.5) is 17.1 Å². The van der Waals surface area contributed by atoms with Crippen LogP contribution in [-0.4, -0.2) is 22.2 Å². The quantitative estimate of drug-likeness (QED) is 0.0916. The SMILES string of the molecule is N#C/C(=C/c1ccc(N(c2ccc(C=C(c3ccccc3)c3ccccc3)cc2)c2ccc(/C=C(\C#N)C(=O)O)cc2)cc1)C(=O)O. The van der Waals surface area contributed by atoms with Crippen LogP contribution < -0.4 is 4.90 Å². The molecule has 0 unspecified atom stereocenters. The number of nitrogens with zero attached hydrogens (tertiary/aromatic N) is 3. The molecule has 2 N–H and O–H groups in total. The Hall–Kier alpha value is -6.96. The molecule has 5 aromatic rings. The average Bonchev–Trinajstić information content (AvgIpc) is 3.11. The molecule has 0 fully saturated rings. The number of carboxylic acid groups (broad SMARTS) is 2. The minimum Gasteiger partial charge on any atom is -0.477 e. The number of nitriles is 2. The number of rotatable bonds is 10. The van der Waals surface area contributed by atoms with Gasteiger partial charge in [0.1, 0.15) is 23.3 Å². The molecule has 5 rings (SSSR count). The lowest BCUT2D eigenvalue weighted by molar-refractivity contribution is -0.133. The lowest BCUT2D eigenvalue weighted by Crippen LogP contribution is -2.10. The standard InChI is InChI=1S/C40H27N3O4/c41-26-33(39(44)45)23-28-11-17-35(18-12-28)43(36-19-13-29(14-20-36)24-34(27-42)40(46)47)37-21-15-30(16-22-37)25-38(31-7-3-1-4-8-31)32-9-5-2-6-10-32/h1-25H,(H,44,45)(H,46,47)/b33-23-,34-24+. The lowest BCUT2D eigenvalue weighted by atomic mass is 9.95. The van der Waals surface area contributed by atoms with Crippen LogP contribution in [0, 0.1) is 22.7 Å². The highest BCUT2D eigenvalue weighted by Gasteiger charge is 2.14. The fourth-order valence-corrected chi connectivity index (χ4v) is 4.96. The molecule has 5 aromatic carbocycles. The second-order valence-corrected chi connectivity index (χ2v) is 10.4. The summed E-state index contributed by atoms with van der Waals surface area (Å²) in [5, 5.41) is 36.8. The van der Waals surface area contributed by atoms with Crippen LogP contribution in [-0.2, 0) is 9.59 Å². The van der Waals surface area contributed by atoms with Gasteiger partial charge < -0.3 is 15.1 Å². The number of aliphatic carboxylic acids is 2. The highest BCUT2D eigenvalue weighted by atomic mass is 16.4. The molecular formula is C40H27N3O4. The molecule has 0 radical (unpaired) electrons. The Morgan fingerprint density at radius 2 is 0.809 bits per heavy atom. The molecule has 0 amide bonds. The van der Waals surface area contributed by atoms with Crippen molar-refractivity contribution in [3.05, 3.63) is 172 Å². The van der Waals surface area contributed by atoms with Crippen molar-refractivity contribution >= 4 is 52.8 Å². The zero-order valence-electron chi connectivity index (χ0n) is 25.0. The van der Waals surface area contributed by atoms with Crippen LogP contribution in [0.15, 0.2) is 145 Å². The predicted molar refractivity (Wildman–Crippen MR) is 183 cm³/mol. The minimum absolute atomic E-state index is 0.370. The summed E-state index contributed by atoms with van der Waals surface area (Å²) >= 11 is 0. The van der Waals surface area contributed by atoms with E-state index >= 15 is 0 Å². The summed E-state index contributed by atoms with van der Waals surface area (Å²) < 4.78 is 0. The molecule has 0 saturated heterocycles. The first-order valence-electron chi connectivity index (χ1n) is 14.5. The number of hydrogen-bond acceptors (Lipinski definition) is 5. The van der Waals surface area contributed by atoms with E-state index in [1.807, 2.05) is 89.8 Å². The summed E-state index contributed by atoms with van der Waals surface area (Å²) in [5.41, 5.74) is 7.00. The third kappa shape index (κ3) is 7.77. The van der Waals surface area contributed by atoms with Gasteiger partial charge in [0.2, 0.25) is 0 Å². The van der Waals surface area contributed by atoms with Crippen LogP contribution in [0.3, 0.4) is 0 Å². The second-order valence-electron chi connectivity index (χ2n) is 10.4. The van der Waals surface area contributed by atoms with E-state index in [4.69, 9.17) is 10.5 Å². The van der Waals surface area contributed by atoms with E-state index in [1.165, 1.54) is 12.2 Å². The van der Waals surface area contributed by atoms with Gasteiger partial charge >= 0.3 is 11.9 Å². The van der Waals surface area contributed by atoms with Gasteiger partial charge in [-0.25, -0.2) is 9.59 Å². The normalized spacial score (nSPS) is 11.1. The van der Waals surface area contributed by atoms with Crippen molar-refractivity contribution < 1.29 is 19.8 Å². The maximum Gasteiger partial charge on any atom is 0.346 e. The molecule has 0 saturated carbocycles. The first-order chi connectivity index (χ1) is 22.9. The number of benzene rings is 5. The molecule has 226 valence electrons. The molecule has 7 heteroatoms. The van der Waals surface area contributed by atoms with Crippen molar-refractivity contribution in [1.29, 1.82) is 10.5 Å². The molecule has 0 atom stereocenters. The van der Waals surface area contributed by atoms with Gasteiger partial charge in [-0.15, -0.1) is 0 Å². The Balaban J connectivity index is 1.55. The van der Waals surface area contributed by atoms with E-state index < -0.39 is 11.9 Å². The van der Waals surface area contributed by atoms with E-state index in [1.54, 1.807) is 36.4 Å². The number of anilines is 3. The first kappa shape index (κ1) is 31.5. The zero-order chi connectivity index (χ0) is 33.2. The maximum absolute atomic E-state index is 11.3. The molecule has 0 aliphatic carbocycles. The number of carbonyl (C=O) groups is 2. The van der Waals surface area contributed by atoms with Crippen molar-refractivity contribution in [2.24, 2.45) is 0 Å². The molecule has 7 nitrogen and oxygen atoms in total. The molecule has 0 spiro atoms. The molecule has 0 bridgehead atoms. The van der Waals surface area contributed by atoms with Gasteiger partial charge in [-0.1, -0.05) is 97.1 Å². The Kier molecular flexibility index (Phi) is 9.83. The highest BCUT2D eigenvalue weighted by Crippen LogP contribution is 2.36. The van der Waals surface area contributed by atoms with Crippen molar-refractivity contribution in [1.82, 2.24) is 0 Å². The smallest absolute Gasteiger partial charge is 0.346 e. The molecule has 0 heterocycles. The fraction of sp³-hybridized carbons (Fsp3) is 0. The summed E-state index contributed by atoms with van der Waals surface area (Å²) in [6, 6.07) is 46.0. The van der Waals surface area contributed by atoms with Crippen molar-refractivity contribution in [2.75, 3.05) is 4.90 Å². The molecule has 47 heavy (non-hydrogen) atoms.